The van der Waals surface area contributed by atoms with E-state index in [1.54, 1.807) is 23.1 Å². The summed E-state index contributed by atoms with van der Waals surface area (Å²) in [6.07, 6.45) is 2.60. The van der Waals surface area contributed by atoms with Gasteiger partial charge in [-0.1, -0.05) is 29.8 Å². The fourth-order valence-electron chi connectivity index (χ4n) is 2.28. The molecule has 0 aromatic heterocycles. The third-order valence-electron chi connectivity index (χ3n) is 3.32. The summed E-state index contributed by atoms with van der Waals surface area (Å²) in [5.74, 6) is -0.108. The molecule has 1 heterocycles. The van der Waals surface area contributed by atoms with Gasteiger partial charge in [-0.15, -0.1) is 6.58 Å². The summed E-state index contributed by atoms with van der Waals surface area (Å²) in [4.78, 5) is 25.6. The molecule has 1 saturated heterocycles. The van der Waals surface area contributed by atoms with E-state index in [4.69, 9.17) is 11.6 Å². The monoisotopic (exact) mass is 292 g/mol. The van der Waals surface area contributed by atoms with Crippen molar-refractivity contribution in [2.24, 2.45) is 0 Å². The number of rotatable bonds is 5. The average Bonchev–Trinajstić information content (AvgIpc) is 2.80. The fraction of sp³-hybridized carbons (Fsp3) is 0.333. The number of carbonyl (C=O) groups is 2. The molecular formula is C15H17ClN2O2. The Bertz CT molecular complexity index is 513. The Morgan fingerprint density at radius 1 is 1.45 bits per heavy atom. The molecule has 106 valence electrons. The van der Waals surface area contributed by atoms with Gasteiger partial charge in [-0.05, 0) is 24.1 Å². The maximum absolute atomic E-state index is 12.0. The van der Waals surface area contributed by atoms with Crippen molar-refractivity contribution in [2.45, 2.75) is 25.4 Å². The van der Waals surface area contributed by atoms with Crippen molar-refractivity contribution in [3.8, 4) is 0 Å². The molecule has 0 saturated carbocycles. The van der Waals surface area contributed by atoms with E-state index in [1.807, 2.05) is 12.1 Å². The molecule has 1 atom stereocenters. The van der Waals surface area contributed by atoms with Gasteiger partial charge < -0.3 is 10.2 Å². The Morgan fingerprint density at radius 3 is 2.80 bits per heavy atom. The number of halogens is 1. The van der Waals surface area contributed by atoms with E-state index in [9.17, 15) is 9.59 Å². The minimum Gasteiger partial charge on any atom is -0.351 e. The summed E-state index contributed by atoms with van der Waals surface area (Å²) in [5, 5.41) is 3.40. The van der Waals surface area contributed by atoms with E-state index in [1.165, 1.54) is 0 Å². The predicted molar refractivity (Wildman–Crippen MR) is 78.2 cm³/mol. The van der Waals surface area contributed by atoms with Crippen LogP contribution in [0.1, 0.15) is 18.4 Å². The summed E-state index contributed by atoms with van der Waals surface area (Å²) in [6, 6.07) is 6.91. The lowest BCUT2D eigenvalue weighted by atomic mass is 10.1. The van der Waals surface area contributed by atoms with E-state index in [0.717, 1.165) is 5.56 Å². The second kappa shape index (κ2) is 6.57. The molecule has 1 N–H and O–H groups in total. The molecule has 4 nitrogen and oxygen atoms in total. The zero-order chi connectivity index (χ0) is 14.5. The van der Waals surface area contributed by atoms with Crippen molar-refractivity contribution < 1.29 is 9.59 Å². The molecule has 2 rings (SSSR count). The normalized spacial score (nSPS) is 18.1. The summed E-state index contributed by atoms with van der Waals surface area (Å²) in [5.41, 5.74) is 0.964. The van der Waals surface area contributed by atoms with Gasteiger partial charge in [0.2, 0.25) is 11.8 Å². The van der Waals surface area contributed by atoms with E-state index < -0.39 is 6.04 Å². The first-order valence-electron chi connectivity index (χ1n) is 6.54. The van der Waals surface area contributed by atoms with Crippen LogP contribution in [0.5, 0.6) is 0 Å². The molecule has 0 bridgehead atoms. The number of nitrogens with zero attached hydrogens (tertiary/aromatic N) is 1. The summed E-state index contributed by atoms with van der Waals surface area (Å²) in [7, 11) is 0. The Hall–Kier alpha value is -1.81. The van der Waals surface area contributed by atoms with Gasteiger partial charge in [0.05, 0.1) is 0 Å². The summed E-state index contributed by atoms with van der Waals surface area (Å²) in [6.45, 7) is 4.41. The summed E-state index contributed by atoms with van der Waals surface area (Å²) >= 11 is 5.84. The van der Waals surface area contributed by atoms with Crippen LogP contribution >= 0.6 is 11.6 Å². The molecule has 20 heavy (non-hydrogen) atoms. The van der Waals surface area contributed by atoms with Gasteiger partial charge in [-0.2, -0.15) is 0 Å². The van der Waals surface area contributed by atoms with Gasteiger partial charge in [-0.3, -0.25) is 9.59 Å². The van der Waals surface area contributed by atoms with E-state index in [2.05, 4.69) is 11.9 Å². The van der Waals surface area contributed by atoms with Gasteiger partial charge in [0.25, 0.3) is 0 Å². The molecule has 0 aliphatic carbocycles. The van der Waals surface area contributed by atoms with Crippen LogP contribution < -0.4 is 5.32 Å². The Balaban J connectivity index is 2.06. The lowest BCUT2D eigenvalue weighted by Crippen LogP contribution is -2.44. The number of amides is 2. The zero-order valence-corrected chi connectivity index (χ0v) is 11.9. The van der Waals surface area contributed by atoms with Gasteiger partial charge in [0, 0.05) is 24.5 Å². The van der Waals surface area contributed by atoms with E-state index in [-0.39, 0.29) is 11.8 Å². The second-order valence-corrected chi connectivity index (χ2v) is 5.17. The van der Waals surface area contributed by atoms with Gasteiger partial charge in [0.15, 0.2) is 0 Å². The zero-order valence-electron chi connectivity index (χ0n) is 11.1. The molecule has 1 aromatic rings. The third-order valence-corrected chi connectivity index (χ3v) is 3.57. The quantitative estimate of drug-likeness (QED) is 0.845. The highest BCUT2D eigenvalue weighted by atomic mass is 35.5. The Kier molecular flexibility index (Phi) is 4.79. The highest BCUT2D eigenvalue weighted by Gasteiger charge is 2.35. The van der Waals surface area contributed by atoms with Crippen molar-refractivity contribution in [3.05, 3.63) is 47.5 Å². The van der Waals surface area contributed by atoms with Crippen LogP contribution in [0, 0.1) is 0 Å². The van der Waals surface area contributed by atoms with Crippen molar-refractivity contribution in [1.82, 2.24) is 10.2 Å². The minimum absolute atomic E-state index is 0.0127. The highest BCUT2D eigenvalue weighted by Crippen LogP contribution is 2.22. The predicted octanol–water partition coefficient (Wildman–Crippen LogP) is 2.13. The maximum Gasteiger partial charge on any atom is 0.243 e. The van der Waals surface area contributed by atoms with E-state index in [0.29, 0.717) is 31.0 Å². The van der Waals surface area contributed by atoms with Gasteiger partial charge in [0.1, 0.15) is 6.04 Å². The van der Waals surface area contributed by atoms with Crippen LogP contribution in [-0.4, -0.2) is 29.3 Å². The second-order valence-electron chi connectivity index (χ2n) is 4.74. The SMILES string of the molecule is C=CCNC(=O)C1CCC(=O)N1Cc1ccc(Cl)cc1. The topological polar surface area (TPSA) is 49.4 Å². The van der Waals surface area contributed by atoms with Crippen molar-refractivity contribution >= 4 is 23.4 Å². The van der Waals surface area contributed by atoms with Crippen LogP contribution in [0.25, 0.3) is 0 Å². The first-order valence-corrected chi connectivity index (χ1v) is 6.92. The molecule has 1 fully saturated rings. The number of likely N-dealkylation sites (tertiary alicyclic amines) is 1. The molecule has 0 spiro atoms. The average molecular weight is 293 g/mol. The number of benzene rings is 1. The van der Waals surface area contributed by atoms with Crippen molar-refractivity contribution in [3.63, 3.8) is 0 Å². The molecule has 1 unspecified atom stereocenters. The maximum atomic E-state index is 12.0. The summed E-state index contributed by atoms with van der Waals surface area (Å²) < 4.78 is 0. The van der Waals surface area contributed by atoms with Gasteiger partial charge >= 0.3 is 0 Å². The number of hydrogen-bond acceptors (Lipinski definition) is 2. The fourth-order valence-corrected chi connectivity index (χ4v) is 2.41. The molecular weight excluding hydrogens is 276 g/mol. The molecule has 1 aliphatic rings. The first-order chi connectivity index (χ1) is 9.61. The van der Waals surface area contributed by atoms with Crippen LogP contribution in [-0.2, 0) is 16.1 Å². The number of hydrogen-bond donors (Lipinski definition) is 1. The van der Waals surface area contributed by atoms with Crippen molar-refractivity contribution in [1.29, 1.82) is 0 Å². The largest absolute Gasteiger partial charge is 0.351 e. The van der Waals surface area contributed by atoms with Crippen LogP contribution in [0.15, 0.2) is 36.9 Å². The van der Waals surface area contributed by atoms with Crippen LogP contribution in [0.2, 0.25) is 5.02 Å². The first kappa shape index (κ1) is 14.6. The van der Waals surface area contributed by atoms with E-state index >= 15 is 0 Å². The van der Waals surface area contributed by atoms with Crippen LogP contribution in [0.3, 0.4) is 0 Å². The molecule has 1 aromatic carbocycles. The lowest BCUT2D eigenvalue weighted by Gasteiger charge is -2.24. The minimum atomic E-state index is -0.391. The Labute approximate surface area is 123 Å². The smallest absolute Gasteiger partial charge is 0.243 e. The Morgan fingerprint density at radius 2 is 2.15 bits per heavy atom. The highest BCUT2D eigenvalue weighted by molar-refractivity contribution is 6.30. The third kappa shape index (κ3) is 3.39. The van der Waals surface area contributed by atoms with Gasteiger partial charge in [-0.25, -0.2) is 0 Å². The standard InChI is InChI=1S/C15H17ClN2O2/c1-2-9-17-15(20)13-7-8-14(19)18(13)10-11-3-5-12(16)6-4-11/h2-6,13H,1,7-10H2,(H,17,20). The number of carbonyl (C=O) groups excluding carboxylic acids is 2. The molecule has 1 aliphatic heterocycles. The molecule has 2 amide bonds. The van der Waals surface area contributed by atoms with Crippen LogP contribution in [0.4, 0.5) is 0 Å². The lowest BCUT2D eigenvalue weighted by molar-refractivity contribution is -0.135. The van der Waals surface area contributed by atoms with Crippen molar-refractivity contribution in [2.75, 3.05) is 6.54 Å². The molecule has 0 radical (unpaired) electrons. The molecule has 5 heteroatoms. The number of nitrogens with one attached hydrogen (secondary N) is 1.